The minimum Gasteiger partial charge on any atom is -0.508 e. The van der Waals surface area contributed by atoms with E-state index >= 15 is 0 Å². The van der Waals surface area contributed by atoms with Crippen LogP contribution in [0.2, 0.25) is 0 Å². The normalized spacial score (nSPS) is 17.8. The fraction of sp³-hybridized carbons (Fsp3) is 0.538. The van der Waals surface area contributed by atoms with Gasteiger partial charge in [0.1, 0.15) is 11.6 Å². The molecule has 0 aliphatic heterocycles. The number of hydrogen-bond donors (Lipinski definition) is 2. The van der Waals surface area contributed by atoms with Crippen LogP contribution in [0.4, 0.5) is 4.39 Å². The van der Waals surface area contributed by atoms with Gasteiger partial charge < -0.3 is 15.2 Å². The highest BCUT2D eigenvalue weighted by atomic mass is 19.1. The zero-order valence-corrected chi connectivity index (χ0v) is 10.0. The molecular weight excluding hydrogens is 221 g/mol. The second-order valence-electron chi connectivity index (χ2n) is 4.66. The molecule has 0 heterocycles. The third-order valence-corrected chi connectivity index (χ3v) is 3.42. The first kappa shape index (κ1) is 12.3. The standard InChI is InChI=1S/C13H18FNO2/c1-17-13(3-2-4-13)9-15-8-10-5-11(14)7-12(16)6-10/h5-7,15-16H,2-4,8-9H2,1H3. The molecule has 0 spiro atoms. The van der Waals surface area contributed by atoms with Gasteiger partial charge in [0, 0.05) is 26.3 Å². The first-order valence-electron chi connectivity index (χ1n) is 5.88. The summed E-state index contributed by atoms with van der Waals surface area (Å²) < 4.78 is 18.5. The first-order chi connectivity index (χ1) is 8.13. The highest BCUT2D eigenvalue weighted by Crippen LogP contribution is 2.34. The minimum absolute atomic E-state index is 0.0324. The molecule has 0 aromatic heterocycles. The molecule has 0 amide bonds. The Bertz CT molecular complexity index is 365. The zero-order chi connectivity index (χ0) is 12.3. The Morgan fingerprint density at radius 1 is 1.41 bits per heavy atom. The van der Waals surface area contributed by atoms with Gasteiger partial charge >= 0.3 is 0 Å². The van der Waals surface area contributed by atoms with E-state index in [1.165, 1.54) is 12.5 Å². The topological polar surface area (TPSA) is 41.5 Å². The summed E-state index contributed by atoms with van der Waals surface area (Å²) in [5.41, 5.74) is 0.711. The van der Waals surface area contributed by atoms with Crippen molar-refractivity contribution in [3.05, 3.63) is 29.6 Å². The molecule has 2 N–H and O–H groups in total. The van der Waals surface area contributed by atoms with Crippen LogP contribution in [0.1, 0.15) is 24.8 Å². The lowest BCUT2D eigenvalue weighted by molar-refractivity contribution is -0.0695. The molecule has 0 saturated heterocycles. The number of aromatic hydroxyl groups is 1. The summed E-state index contributed by atoms with van der Waals surface area (Å²) in [6, 6.07) is 4.09. The van der Waals surface area contributed by atoms with E-state index in [4.69, 9.17) is 4.74 Å². The second-order valence-corrected chi connectivity index (χ2v) is 4.66. The Labute approximate surface area is 101 Å². The van der Waals surface area contributed by atoms with Gasteiger partial charge in [0.25, 0.3) is 0 Å². The monoisotopic (exact) mass is 239 g/mol. The summed E-state index contributed by atoms with van der Waals surface area (Å²) in [6.45, 7) is 1.30. The number of phenolic OH excluding ortho intramolecular Hbond substituents is 1. The van der Waals surface area contributed by atoms with Crippen molar-refractivity contribution in [1.82, 2.24) is 5.32 Å². The molecule has 1 aromatic carbocycles. The molecule has 0 bridgehead atoms. The average Bonchev–Trinajstić information content (AvgIpc) is 2.20. The van der Waals surface area contributed by atoms with Crippen molar-refractivity contribution in [2.24, 2.45) is 0 Å². The minimum atomic E-state index is -0.410. The number of phenols is 1. The van der Waals surface area contributed by atoms with E-state index in [1.807, 2.05) is 0 Å². The van der Waals surface area contributed by atoms with Gasteiger partial charge in [-0.2, -0.15) is 0 Å². The number of benzene rings is 1. The molecule has 4 heteroatoms. The van der Waals surface area contributed by atoms with Crippen LogP contribution in [0.5, 0.6) is 5.75 Å². The Kier molecular flexibility index (Phi) is 3.64. The van der Waals surface area contributed by atoms with Gasteiger partial charge in [-0.15, -0.1) is 0 Å². The van der Waals surface area contributed by atoms with Gasteiger partial charge in [0.15, 0.2) is 0 Å². The second kappa shape index (κ2) is 5.02. The molecule has 1 fully saturated rings. The fourth-order valence-corrected chi connectivity index (χ4v) is 2.19. The SMILES string of the molecule is COC1(CNCc2cc(O)cc(F)c2)CCC1. The lowest BCUT2D eigenvalue weighted by Crippen LogP contribution is -2.47. The van der Waals surface area contributed by atoms with E-state index in [0.717, 1.165) is 31.0 Å². The fourth-order valence-electron chi connectivity index (χ4n) is 2.19. The van der Waals surface area contributed by atoms with Gasteiger partial charge in [0.2, 0.25) is 0 Å². The maximum absolute atomic E-state index is 13.0. The highest BCUT2D eigenvalue weighted by Gasteiger charge is 2.36. The molecule has 0 unspecified atom stereocenters. The molecule has 0 radical (unpaired) electrons. The smallest absolute Gasteiger partial charge is 0.127 e. The van der Waals surface area contributed by atoms with Crippen LogP contribution >= 0.6 is 0 Å². The lowest BCUT2D eigenvalue weighted by Gasteiger charge is -2.40. The van der Waals surface area contributed by atoms with E-state index in [1.54, 1.807) is 13.2 Å². The third-order valence-electron chi connectivity index (χ3n) is 3.42. The van der Waals surface area contributed by atoms with E-state index in [2.05, 4.69) is 5.32 Å². The van der Waals surface area contributed by atoms with Crippen molar-refractivity contribution in [1.29, 1.82) is 0 Å². The molecule has 94 valence electrons. The van der Waals surface area contributed by atoms with Crippen LogP contribution in [-0.2, 0) is 11.3 Å². The Morgan fingerprint density at radius 2 is 2.18 bits per heavy atom. The molecule has 17 heavy (non-hydrogen) atoms. The largest absolute Gasteiger partial charge is 0.508 e. The first-order valence-corrected chi connectivity index (χ1v) is 5.88. The Morgan fingerprint density at radius 3 is 2.71 bits per heavy atom. The van der Waals surface area contributed by atoms with Crippen molar-refractivity contribution >= 4 is 0 Å². The summed E-state index contributed by atoms with van der Waals surface area (Å²) in [7, 11) is 1.73. The van der Waals surface area contributed by atoms with Crippen LogP contribution in [0.25, 0.3) is 0 Å². The quantitative estimate of drug-likeness (QED) is 0.827. The number of methoxy groups -OCH3 is 1. The van der Waals surface area contributed by atoms with Crippen molar-refractivity contribution < 1.29 is 14.2 Å². The van der Waals surface area contributed by atoms with Crippen LogP contribution in [-0.4, -0.2) is 24.4 Å². The van der Waals surface area contributed by atoms with E-state index in [-0.39, 0.29) is 11.4 Å². The van der Waals surface area contributed by atoms with E-state index in [0.29, 0.717) is 6.54 Å². The molecule has 3 nitrogen and oxygen atoms in total. The molecule has 0 atom stereocenters. The molecule has 1 aliphatic carbocycles. The van der Waals surface area contributed by atoms with E-state index in [9.17, 15) is 9.50 Å². The predicted molar refractivity (Wildman–Crippen MR) is 63.4 cm³/mol. The summed E-state index contributed by atoms with van der Waals surface area (Å²) in [4.78, 5) is 0. The van der Waals surface area contributed by atoms with Crippen LogP contribution in [0.3, 0.4) is 0 Å². The summed E-state index contributed by atoms with van der Waals surface area (Å²) >= 11 is 0. The van der Waals surface area contributed by atoms with Gasteiger partial charge in [-0.3, -0.25) is 0 Å². The summed E-state index contributed by atoms with van der Waals surface area (Å²) in [5, 5.41) is 12.5. The predicted octanol–water partition coefficient (Wildman–Crippen LogP) is 2.19. The number of nitrogens with one attached hydrogen (secondary N) is 1. The van der Waals surface area contributed by atoms with Gasteiger partial charge in [-0.05, 0) is 37.0 Å². The molecule has 1 aromatic rings. The summed E-state index contributed by atoms with van der Waals surface area (Å²) in [5.74, 6) is -0.446. The molecule has 1 aliphatic rings. The average molecular weight is 239 g/mol. The number of ether oxygens (including phenoxy) is 1. The van der Waals surface area contributed by atoms with Gasteiger partial charge in [-0.1, -0.05) is 0 Å². The Hall–Kier alpha value is -1.13. The number of rotatable bonds is 5. The van der Waals surface area contributed by atoms with Crippen molar-refractivity contribution in [3.8, 4) is 5.75 Å². The molecular formula is C13H18FNO2. The van der Waals surface area contributed by atoms with E-state index < -0.39 is 5.82 Å². The highest BCUT2D eigenvalue weighted by molar-refractivity contribution is 5.28. The Balaban J connectivity index is 1.85. The third kappa shape index (κ3) is 2.96. The van der Waals surface area contributed by atoms with Crippen LogP contribution in [0.15, 0.2) is 18.2 Å². The van der Waals surface area contributed by atoms with Crippen LogP contribution in [0, 0.1) is 5.82 Å². The van der Waals surface area contributed by atoms with Crippen LogP contribution < -0.4 is 5.32 Å². The number of halogens is 1. The zero-order valence-electron chi connectivity index (χ0n) is 10.0. The van der Waals surface area contributed by atoms with Gasteiger partial charge in [-0.25, -0.2) is 4.39 Å². The summed E-state index contributed by atoms with van der Waals surface area (Å²) in [6.07, 6.45) is 3.35. The molecule has 1 saturated carbocycles. The van der Waals surface area contributed by atoms with Crippen molar-refractivity contribution in [2.75, 3.05) is 13.7 Å². The van der Waals surface area contributed by atoms with Crippen molar-refractivity contribution in [3.63, 3.8) is 0 Å². The maximum Gasteiger partial charge on any atom is 0.127 e. The van der Waals surface area contributed by atoms with Crippen molar-refractivity contribution in [2.45, 2.75) is 31.4 Å². The number of hydrogen-bond acceptors (Lipinski definition) is 3. The van der Waals surface area contributed by atoms with Gasteiger partial charge in [0.05, 0.1) is 5.60 Å². The molecule has 2 rings (SSSR count). The maximum atomic E-state index is 13.0. The lowest BCUT2D eigenvalue weighted by atomic mass is 9.80.